The van der Waals surface area contributed by atoms with Gasteiger partial charge in [-0.05, 0) is 41.3 Å². The molecule has 0 aromatic heterocycles. The second-order valence-electron chi connectivity index (χ2n) is 2.70. The molecule has 0 aliphatic carbocycles. The van der Waals surface area contributed by atoms with Crippen molar-refractivity contribution in [3.05, 3.63) is 36.1 Å². The van der Waals surface area contributed by atoms with Crippen LogP contribution in [0.1, 0.15) is 12.5 Å². The van der Waals surface area contributed by atoms with Crippen molar-refractivity contribution in [1.29, 1.82) is 0 Å². The lowest BCUT2D eigenvalue weighted by Gasteiger charge is -2.06. The quantitative estimate of drug-likeness (QED) is 0.463. The van der Waals surface area contributed by atoms with E-state index < -0.39 is 11.1 Å². The summed E-state index contributed by atoms with van der Waals surface area (Å²) >= 11 is -2.18. The highest BCUT2D eigenvalue weighted by Gasteiger charge is 1.96. The van der Waals surface area contributed by atoms with Crippen molar-refractivity contribution < 1.29 is 13.6 Å². The number of nitrogens with two attached hydrogens (primary N) is 1. The van der Waals surface area contributed by atoms with E-state index in [1.54, 1.807) is 12.1 Å². The molecule has 0 saturated carbocycles. The maximum absolute atomic E-state index is 10.5. The van der Waals surface area contributed by atoms with E-state index >= 15 is 0 Å². The normalized spacial score (nSPS) is 13.8. The third-order valence-corrected chi connectivity index (χ3v) is 2.40. The van der Waals surface area contributed by atoms with Gasteiger partial charge in [0.15, 0.2) is 0 Å². The smallest absolute Gasteiger partial charge is 0.114 e. The van der Waals surface area contributed by atoms with Gasteiger partial charge in [0.05, 0.1) is 0 Å². The zero-order valence-corrected chi connectivity index (χ0v) is 8.41. The minimum atomic E-state index is -2.18. The summed E-state index contributed by atoms with van der Waals surface area (Å²) in [6.45, 7) is 1.82. The second kappa shape index (κ2) is 4.90. The summed E-state index contributed by atoms with van der Waals surface area (Å²) in [6.07, 6.45) is 1.39. The van der Waals surface area contributed by atoms with E-state index in [0.717, 1.165) is 11.1 Å². The van der Waals surface area contributed by atoms with Gasteiger partial charge in [0.1, 0.15) is 6.26 Å². The van der Waals surface area contributed by atoms with Crippen molar-refractivity contribution >= 4 is 16.7 Å². The molecule has 76 valence electrons. The lowest BCUT2D eigenvalue weighted by atomic mass is 10.1. The molecule has 2 N–H and O–H groups in total. The molecule has 0 fully saturated rings. The first-order valence-corrected chi connectivity index (χ1v) is 4.94. The molecule has 0 saturated heterocycles. The first kappa shape index (κ1) is 10.9. The Balaban J connectivity index is 2.94. The fourth-order valence-electron chi connectivity index (χ4n) is 0.999. The molecule has 5 heteroatoms. The lowest BCUT2D eigenvalue weighted by Crippen LogP contribution is -1.92. The Kier molecular flexibility index (Phi) is 3.82. The molecule has 1 unspecified atom stereocenters. The predicted molar refractivity (Wildman–Crippen MR) is 52.6 cm³/mol. The summed E-state index contributed by atoms with van der Waals surface area (Å²) in [5, 5.41) is 0. The molecule has 4 nitrogen and oxygen atoms in total. The topological polar surface area (TPSA) is 75.4 Å². The maximum Gasteiger partial charge on any atom is 0.114 e. The van der Waals surface area contributed by atoms with Crippen LogP contribution in [-0.2, 0) is 15.9 Å². The molecule has 1 aromatic rings. The van der Waals surface area contributed by atoms with E-state index in [-0.39, 0.29) is 4.90 Å². The van der Waals surface area contributed by atoms with E-state index in [1.165, 1.54) is 18.4 Å². The molecule has 1 aromatic carbocycles. The van der Waals surface area contributed by atoms with Gasteiger partial charge < -0.3 is 9.39 Å². The van der Waals surface area contributed by atoms with Gasteiger partial charge >= 0.3 is 0 Å². The Morgan fingerprint density at radius 3 is 2.50 bits per heavy atom. The Bertz CT molecular complexity index is 359. The number of hydrogen-bond donors (Lipinski definition) is 1. The highest BCUT2D eigenvalue weighted by Crippen LogP contribution is 2.15. The fraction of sp³-hybridized carbons (Fsp3) is 0.111. The van der Waals surface area contributed by atoms with Crippen LogP contribution in [-0.4, -0.2) is 8.76 Å². The summed E-state index contributed by atoms with van der Waals surface area (Å²) in [4.78, 5) is 4.61. The summed E-state index contributed by atoms with van der Waals surface area (Å²) in [6, 6.07) is 6.42. The molecule has 0 radical (unpaired) electrons. The van der Waals surface area contributed by atoms with Crippen molar-refractivity contribution in [2.24, 2.45) is 5.90 Å². The lowest BCUT2D eigenvalue weighted by molar-refractivity contribution is 0.262. The summed E-state index contributed by atoms with van der Waals surface area (Å²) in [5.41, 5.74) is 1.69. The van der Waals surface area contributed by atoms with E-state index in [2.05, 4.69) is 4.84 Å². The summed E-state index contributed by atoms with van der Waals surface area (Å²) in [5.74, 6) is 4.87. The molecule has 14 heavy (non-hydrogen) atoms. The van der Waals surface area contributed by atoms with E-state index in [1.807, 2.05) is 6.92 Å². The monoisotopic (exact) mass is 212 g/mol. The van der Waals surface area contributed by atoms with Crippen molar-refractivity contribution in [3.63, 3.8) is 0 Å². The summed E-state index contributed by atoms with van der Waals surface area (Å²) < 4.78 is 21.1. The minimum absolute atomic E-state index is 0.259. The molecule has 0 spiro atoms. The van der Waals surface area contributed by atoms with Gasteiger partial charge in [0.2, 0.25) is 0 Å². The third-order valence-electron chi connectivity index (χ3n) is 1.75. The molecule has 0 bridgehead atoms. The number of hydrogen-bond acceptors (Lipinski definition) is 4. The van der Waals surface area contributed by atoms with Crippen molar-refractivity contribution in [2.75, 3.05) is 0 Å². The second-order valence-corrected chi connectivity index (χ2v) is 3.64. The van der Waals surface area contributed by atoms with Gasteiger partial charge in [-0.1, -0.05) is 12.1 Å². The number of rotatable bonds is 3. The van der Waals surface area contributed by atoms with Crippen LogP contribution in [0.5, 0.6) is 0 Å². The fourth-order valence-corrected chi connectivity index (χ4v) is 1.36. The van der Waals surface area contributed by atoms with Crippen LogP contribution in [0, 0.1) is 0 Å². The van der Waals surface area contributed by atoms with Gasteiger partial charge in [0.25, 0.3) is 0 Å². The molecule has 1 atom stereocenters. The van der Waals surface area contributed by atoms with E-state index in [0.29, 0.717) is 0 Å². The van der Waals surface area contributed by atoms with Gasteiger partial charge in [0, 0.05) is 4.90 Å². The van der Waals surface area contributed by atoms with Crippen LogP contribution >= 0.6 is 0 Å². The average Bonchev–Trinajstić information content (AvgIpc) is 2.18. The van der Waals surface area contributed by atoms with Gasteiger partial charge in [-0.2, -0.15) is 5.90 Å². The first-order chi connectivity index (χ1) is 6.65. The van der Waals surface area contributed by atoms with Crippen LogP contribution in [0.15, 0.2) is 35.4 Å². The van der Waals surface area contributed by atoms with Gasteiger partial charge in [-0.3, -0.25) is 4.21 Å². The highest BCUT2D eigenvalue weighted by atomic mass is 32.2. The van der Waals surface area contributed by atoms with Crippen LogP contribution in [0.25, 0.3) is 5.57 Å². The third kappa shape index (κ3) is 2.66. The Labute approximate surface area is 84.6 Å². The van der Waals surface area contributed by atoms with Crippen LogP contribution in [0.2, 0.25) is 0 Å². The van der Waals surface area contributed by atoms with Crippen LogP contribution in [0.3, 0.4) is 0 Å². The Morgan fingerprint density at radius 1 is 1.50 bits per heavy atom. The largest absolute Gasteiger partial charge is 0.768 e. The molecule has 0 amide bonds. The number of allylic oxidation sites excluding steroid dienone is 1. The molecular weight excluding hydrogens is 202 g/mol. The zero-order valence-electron chi connectivity index (χ0n) is 7.60. The highest BCUT2D eigenvalue weighted by molar-refractivity contribution is 7.79. The van der Waals surface area contributed by atoms with Gasteiger partial charge in [-0.25, -0.2) is 0 Å². The maximum atomic E-state index is 10.5. The van der Waals surface area contributed by atoms with Crippen molar-refractivity contribution in [3.8, 4) is 0 Å². The first-order valence-electron chi connectivity index (χ1n) is 3.87. The zero-order chi connectivity index (χ0) is 10.6. The van der Waals surface area contributed by atoms with Gasteiger partial charge in [-0.15, -0.1) is 0 Å². The van der Waals surface area contributed by atoms with Crippen molar-refractivity contribution in [1.82, 2.24) is 0 Å². The SMILES string of the molecule is C/C(=C\ON)c1ccc(S(=O)[O-])cc1. The Morgan fingerprint density at radius 2 is 2.07 bits per heavy atom. The van der Waals surface area contributed by atoms with E-state index in [9.17, 15) is 8.76 Å². The standard InChI is InChI=1S/C9H11NO3S/c1-7(6-13-10)8-2-4-9(5-3-8)14(11)12/h2-6H,10H2,1H3,(H,11,12)/p-1/b7-6+. The average molecular weight is 212 g/mol. The van der Waals surface area contributed by atoms with E-state index in [4.69, 9.17) is 5.90 Å². The van der Waals surface area contributed by atoms with Crippen LogP contribution < -0.4 is 5.90 Å². The van der Waals surface area contributed by atoms with Crippen LogP contribution in [0.4, 0.5) is 0 Å². The minimum Gasteiger partial charge on any atom is -0.768 e. The summed E-state index contributed by atoms with van der Waals surface area (Å²) in [7, 11) is 0. The predicted octanol–water partition coefficient (Wildman–Crippen LogP) is 1.18. The molecule has 1 rings (SSSR count). The molecule has 0 heterocycles. The van der Waals surface area contributed by atoms with Crippen molar-refractivity contribution in [2.45, 2.75) is 11.8 Å². The number of benzene rings is 1. The Hall–Kier alpha value is -1.17. The molecular formula is C9H10NO3S-. The molecule has 0 aliphatic rings. The molecule has 0 aliphatic heterocycles.